The Bertz CT molecular complexity index is 1040. The molecule has 0 aliphatic rings. The third-order valence-electron chi connectivity index (χ3n) is 3.98. The van der Waals surface area contributed by atoms with Gasteiger partial charge in [-0.1, -0.05) is 24.3 Å². The van der Waals surface area contributed by atoms with Crippen LogP contribution in [0.5, 0.6) is 5.88 Å². The molecule has 0 radical (unpaired) electrons. The van der Waals surface area contributed by atoms with Crippen molar-refractivity contribution in [2.75, 3.05) is 6.54 Å². The molecule has 0 aliphatic carbocycles. The number of carbonyl (C=O) groups excluding carboxylic acids is 2. The van der Waals surface area contributed by atoms with Crippen molar-refractivity contribution in [2.24, 2.45) is 10.2 Å². The molecular formula is C19H17FN4O3. The minimum Gasteiger partial charge on any atom is -0.493 e. The first-order chi connectivity index (χ1) is 13.0. The molecule has 3 rings (SSSR count). The van der Waals surface area contributed by atoms with Crippen LogP contribution in [0.1, 0.15) is 17.3 Å². The SMILES string of the molecule is CCn1c(O)c(N=NC(=O)CNC(=O)c2cccc(F)c2)c2ccccc21. The van der Waals surface area contributed by atoms with E-state index in [0.29, 0.717) is 11.9 Å². The number of aromatic nitrogens is 1. The Kier molecular flexibility index (Phi) is 5.25. The zero-order valence-electron chi connectivity index (χ0n) is 14.5. The molecule has 8 heteroatoms. The van der Waals surface area contributed by atoms with Gasteiger partial charge in [-0.3, -0.25) is 9.59 Å². The number of hydrogen-bond acceptors (Lipinski definition) is 4. The molecule has 1 heterocycles. The predicted molar refractivity (Wildman–Crippen MR) is 97.5 cm³/mol. The highest BCUT2D eigenvalue weighted by molar-refractivity contribution is 5.97. The van der Waals surface area contributed by atoms with E-state index >= 15 is 0 Å². The maximum atomic E-state index is 13.1. The highest BCUT2D eigenvalue weighted by Gasteiger charge is 2.15. The van der Waals surface area contributed by atoms with Crippen LogP contribution in [-0.4, -0.2) is 28.0 Å². The van der Waals surface area contributed by atoms with E-state index in [1.165, 1.54) is 18.2 Å². The van der Waals surface area contributed by atoms with Crippen LogP contribution in [0.4, 0.5) is 10.1 Å². The van der Waals surface area contributed by atoms with Gasteiger partial charge in [-0.05, 0) is 31.2 Å². The zero-order valence-corrected chi connectivity index (χ0v) is 14.5. The first-order valence-corrected chi connectivity index (χ1v) is 8.29. The molecular weight excluding hydrogens is 351 g/mol. The largest absolute Gasteiger partial charge is 0.493 e. The number of hydrogen-bond donors (Lipinski definition) is 2. The lowest BCUT2D eigenvalue weighted by molar-refractivity contribution is -0.117. The van der Waals surface area contributed by atoms with E-state index in [9.17, 15) is 19.1 Å². The summed E-state index contributed by atoms with van der Waals surface area (Å²) in [5.41, 5.74) is 1.07. The van der Waals surface area contributed by atoms with Crippen LogP contribution in [0.15, 0.2) is 58.8 Å². The fourth-order valence-corrected chi connectivity index (χ4v) is 2.72. The average Bonchev–Trinajstić information content (AvgIpc) is 2.95. The second-order valence-electron chi connectivity index (χ2n) is 5.72. The van der Waals surface area contributed by atoms with E-state index in [1.807, 2.05) is 19.1 Å². The second kappa shape index (κ2) is 7.77. The van der Waals surface area contributed by atoms with E-state index in [1.54, 1.807) is 16.7 Å². The van der Waals surface area contributed by atoms with E-state index in [2.05, 4.69) is 15.5 Å². The van der Waals surface area contributed by atoms with E-state index in [0.717, 1.165) is 11.6 Å². The number of carbonyl (C=O) groups is 2. The zero-order chi connectivity index (χ0) is 19.4. The number of azo groups is 1. The van der Waals surface area contributed by atoms with E-state index in [-0.39, 0.29) is 17.1 Å². The first-order valence-electron chi connectivity index (χ1n) is 8.29. The summed E-state index contributed by atoms with van der Waals surface area (Å²) in [5.74, 6) is -1.92. The molecule has 0 bridgehead atoms. The third-order valence-corrected chi connectivity index (χ3v) is 3.98. The molecule has 138 valence electrons. The number of fused-ring (bicyclic) bond motifs is 1. The van der Waals surface area contributed by atoms with Gasteiger partial charge < -0.3 is 15.0 Å². The molecule has 0 atom stereocenters. The summed E-state index contributed by atoms with van der Waals surface area (Å²) in [6, 6.07) is 12.3. The topological polar surface area (TPSA) is 96.0 Å². The number of halogens is 1. The molecule has 2 aromatic carbocycles. The third kappa shape index (κ3) is 3.84. The number of nitrogens with one attached hydrogen (secondary N) is 1. The lowest BCUT2D eigenvalue weighted by Crippen LogP contribution is -2.28. The van der Waals surface area contributed by atoms with E-state index < -0.39 is 24.2 Å². The standard InChI is InChI=1S/C19H17FN4O3/c1-2-24-15-9-4-3-8-14(15)17(19(24)27)23-22-16(25)11-21-18(26)12-6-5-7-13(20)10-12/h3-10,27H,2,11H2,1H3,(H,21,26). The summed E-state index contributed by atoms with van der Waals surface area (Å²) in [5, 5.41) is 20.7. The van der Waals surface area contributed by atoms with Crippen molar-refractivity contribution in [3.8, 4) is 5.88 Å². The minimum absolute atomic E-state index is 0.0842. The Hall–Kier alpha value is -3.55. The van der Waals surface area contributed by atoms with Crippen LogP contribution in [-0.2, 0) is 11.3 Å². The van der Waals surface area contributed by atoms with Crippen LogP contribution >= 0.6 is 0 Å². The molecule has 3 aromatic rings. The normalized spacial score (nSPS) is 11.2. The van der Waals surface area contributed by atoms with Crippen LogP contribution in [0, 0.1) is 5.82 Å². The predicted octanol–water partition coefficient (Wildman–Crippen LogP) is 3.55. The number of benzene rings is 2. The van der Waals surface area contributed by atoms with Crippen molar-refractivity contribution in [1.82, 2.24) is 9.88 Å². The smallest absolute Gasteiger partial charge is 0.283 e. The molecule has 7 nitrogen and oxygen atoms in total. The van der Waals surface area contributed by atoms with Gasteiger partial charge in [0.2, 0.25) is 5.88 Å². The number of para-hydroxylation sites is 1. The van der Waals surface area contributed by atoms with Crippen LogP contribution in [0.25, 0.3) is 10.9 Å². The molecule has 0 fully saturated rings. The maximum absolute atomic E-state index is 13.1. The number of amides is 2. The highest BCUT2D eigenvalue weighted by Crippen LogP contribution is 2.38. The van der Waals surface area contributed by atoms with Gasteiger partial charge in [0, 0.05) is 17.5 Å². The summed E-state index contributed by atoms with van der Waals surface area (Å²) in [4.78, 5) is 23.8. The molecule has 0 spiro atoms. The second-order valence-corrected chi connectivity index (χ2v) is 5.72. The summed E-state index contributed by atoms with van der Waals surface area (Å²) >= 11 is 0. The van der Waals surface area contributed by atoms with Gasteiger partial charge in [-0.15, -0.1) is 10.2 Å². The van der Waals surface area contributed by atoms with Crippen molar-refractivity contribution in [3.05, 3.63) is 59.9 Å². The Labute approximate surface area is 154 Å². The monoisotopic (exact) mass is 368 g/mol. The average molecular weight is 368 g/mol. The quantitative estimate of drug-likeness (QED) is 0.674. The van der Waals surface area contributed by atoms with Crippen LogP contribution < -0.4 is 5.32 Å². The van der Waals surface area contributed by atoms with Gasteiger partial charge in [0.25, 0.3) is 11.8 Å². The van der Waals surface area contributed by atoms with Gasteiger partial charge in [0.05, 0.1) is 5.52 Å². The first kappa shape index (κ1) is 18.2. The maximum Gasteiger partial charge on any atom is 0.283 e. The van der Waals surface area contributed by atoms with Gasteiger partial charge in [0.1, 0.15) is 12.4 Å². The molecule has 0 saturated carbocycles. The van der Waals surface area contributed by atoms with Crippen molar-refractivity contribution in [1.29, 1.82) is 0 Å². The lowest BCUT2D eigenvalue weighted by Gasteiger charge is -2.02. The summed E-state index contributed by atoms with van der Waals surface area (Å²) < 4.78 is 14.8. The van der Waals surface area contributed by atoms with Gasteiger partial charge in [0.15, 0.2) is 5.69 Å². The van der Waals surface area contributed by atoms with E-state index in [4.69, 9.17) is 0 Å². The fourth-order valence-electron chi connectivity index (χ4n) is 2.72. The summed E-state index contributed by atoms with van der Waals surface area (Å²) in [6.07, 6.45) is 0. The Morgan fingerprint density at radius 2 is 1.96 bits per heavy atom. The Balaban J connectivity index is 1.71. The summed E-state index contributed by atoms with van der Waals surface area (Å²) in [7, 11) is 0. The molecule has 2 N–H and O–H groups in total. The number of nitrogens with zero attached hydrogens (tertiary/aromatic N) is 3. The van der Waals surface area contributed by atoms with Crippen molar-refractivity contribution < 1.29 is 19.1 Å². The summed E-state index contributed by atoms with van der Waals surface area (Å²) in [6.45, 7) is 2.01. The molecule has 0 unspecified atom stereocenters. The molecule has 27 heavy (non-hydrogen) atoms. The van der Waals surface area contributed by atoms with Crippen molar-refractivity contribution in [2.45, 2.75) is 13.5 Å². The number of aryl methyl sites for hydroxylation is 1. The van der Waals surface area contributed by atoms with Crippen molar-refractivity contribution in [3.63, 3.8) is 0 Å². The Morgan fingerprint density at radius 1 is 1.19 bits per heavy atom. The minimum atomic E-state index is -0.701. The Morgan fingerprint density at radius 3 is 2.70 bits per heavy atom. The van der Waals surface area contributed by atoms with Gasteiger partial charge in [-0.25, -0.2) is 4.39 Å². The number of aromatic hydroxyl groups is 1. The molecule has 0 aliphatic heterocycles. The molecule has 1 aromatic heterocycles. The highest BCUT2D eigenvalue weighted by atomic mass is 19.1. The number of rotatable bonds is 5. The van der Waals surface area contributed by atoms with Crippen LogP contribution in [0.3, 0.4) is 0 Å². The molecule has 2 amide bonds. The van der Waals surface area contributed by atoms with Gasteiger partial charge >= 0.3 is 0 Å². The lowest BCUT2D eigenvalue weighted by atomic mass is 10.2. The molecule has 0 saturated heterocycles. The van der Waals surface area contributed by atoms with Crippen LogP contribution in [0.2, 0.25) is 0 Å². The van der Waals surface area contributed by atoms with Crippen molar-refractivity contribution >= 4 is 28.4 Å². The fraction of sp³-hybridized carbons (Fsp3) is 0.158. The van der Waals surface area contributed by atoms with Gasteiger partial charge in [-0.2, -0.15) is 0 Å².